The lowest BCUT2D eigenvalue weighted by molar-refractivity contribution is -0.115. The molecule has 2 aromatic carbocycles. The van der Waals surface area contributed by atoms with Crippen molar-refractivity contribution < 1.29 is 28.8 Å². The first-order valence-electron chi connectivity index (χ1n) is 11.3. The van der Waals surface area contributed by atoms with E-state index in [1.54, 1.807) is 56.7 Å². The van der Waals surface area contributed by atoms with Crippen molar-refractivity contribution in [1.82, 2.24) is 0 Å². The minimum absolute atomic E-state index is 0.0412. The van der Waals surface area contributed by atoms with Gasteiger partial charge in [-0.1, -0.05) is 30.4 Å². The third-order valence-electron chi connectivity index (χ3n) is 4.83. The van der Waals surface area contributed by atoms with E-state index in [-0.39, 0.29) is 12.2 Å². The van der Waals surface area contributed by atoms with Crippen molar-refractivity contribution in [2.45, 2.75) is 25.4 Å². The van der Waals surface area contributed by atoms with E-state index in [1.165, 1.54) is 6.08 Å². The van der Waals surface area contributed by atoms with Crippen LogP contribution in [0.3, 0.4) is 0 Å². The smallest absolute Gasteiger partial charge is 0.161 e. The van der Waals surface area contributed by atoms with Crippen LogP contribution in [0.4, 0.5) is 0 Å². The predicted molar refractivity (Wildman–Crippen MR) is 141 cm³/mol. The van der Waals surface area contributed by atoms with Crippen molar-refractivity contribution >= 4 is 41.1 Å². The Kier molecular flexibility index (Phi) is 13.1. The molecule has 0 amide bonds. The fraction of sp³-hybridized carbons (Fsp3) is 0.370. The number of ketones is 1. The molecule has 0 saturated carbocycles. The number of ether oxygens (including phenoxy) is 4. The maximum Gasteiger partial charge on any atom is 0.161 e. The summed E-state index contributed by atoms with van der Waals surface area (Å²) in [5.74, 6) is 3.25. The summed E-state index contributed by atoms with van der Waals surface area (Å²) in [5, 5.41) is 10.3. The van der Waals surface area contributed by atoms with Crippen LogP contribution in [0.25, 0.3) is 12.2 Å². The average molecular weight is 523 g/mol. The minimum atomic E-state index is -0.926. The number of rotatable bonds is 16. The first kappa shape index (κ1) is 28.6. The second kappa shape index (κ2) is 16.1. The van der Waals surface area contributed by atoms with Gasteiger partial charge in [-0.05, 0) is 54.3 Å². The van der Waals surface area contributed by atoms with Crippen LogP contribution in [0.1, 0.15) is 30.4 Å². The lowest BCUT2D eigenvalue weighted by Crippen LogP contribution is -2.08. The number of methoxy groups -OCH3 is 2. The summed E-state index contributed by atoms with van der Waals surface area (Å²) >= 11 is 11.4. The zero-order valence-electron chi connectivity index (χ0n) is 20.0. The van der Waals surface area contributed by atoms with Gasteiger partial charge in [0.1, 0.15) is 0 Å². The van der Waals surface area contributed by atoms with Crippen molar-refractivity contribution in [2.24, 2.45) is 0 Å². The Morgan fingerprint density at radius 2 is 1.37 bits per heavy atom. The van der Waals surface area contributed by atoms with Crippen LogP contribution in [0.5, 0.6) is 23.0 Å². The van der Waals surface area contributed by atoms with Crippen LogP contribution in [-0.4, -0.2) is 56.2 Å². The molecule has 2 rings (SSSR count). The van der Waals surface area contributed by atoms with Crippen LogP contribution in [0.15, 0.2) is 48.6 Å². The van der Waals surface area contributed by atoms with Gasteiger partial charge in [-0.2, -0.15) is 0 Å². The molecule has 0 bridgehead atoms. The van der Waals surface area contributed by atoms with E-state index in [0.29, 0.717) is 48.0 Å². The van der Waals surface area contributed by atoms with Gasteiger partial charge in [-0.15, -0.1) is 23.2 Å². The van der Waals surface area contributed by atoms with Crippen molar-refractivity contribution in [3.63, 3.8) is 0 Å². The van der Waals surface area contributed by atoms with Crippen molar-refractivity contribution in [1.29, 1.82) is 0 Å². The van der Waals surface area contributed by atoms with Gasteiger partial charge in [0.2, 0.25) is 0 Å². The molecule has 190 valence electrons. The molecule has 0 radical (unpaired) electrons. The lowest BCUT2D eigenvalue weighted by Gasteiger charge is -2.11. The molecular weight excluding hydrogens is 491 g/mol. The number of halogens is 2. The number of alkyl halides is 2. The van der Waals surface area contributed by atoms with Gasteiger partial charge in [0.25, 0.3) is 0 Å². The summed E-state index contributed by atoms with van der Waals surface area (Å²) < 4.78 is 22.0. The highest BCUT2D eigenvalue weighted by Gasteiger charge is 2.08. The monoisotopic (exact) mass is 522 g/mol. The van der Waals surface area contributed by atoms with Crippen molar-refractivity contribution in [2.75, 3.05) is 39.2 Å². The first-order chi connectivity index (χ1) is 17.0. The molecule has 1 unspecified atom stereocenters. The molecule has 2 aromatic rings. The van der Waals surface area contributed by atoms with Gasteiger partial charge in [0.15, 0.2) is 28.8 Å². The summed E-state index contributed by atoms with van der Waals surface area (Å²) in [6.07, 6.45) is 6.94. The van der Waals surface area contributed by atoms with Gasteiger partial charge >= 0.3 is 0 Å². The Morgan fingerprint density at radius 1 is 0.857 bits per heavy atom. The zero-order chi connectivity index (χ0) is 25.5. The Hall–Kier alpha value is -2.67. The Morgan fingerprint density at radius 3 is 1.86 bits per heavy atom. The van der Waals surface area contributed by atoms with Gasteiger partial charge in [0, 0.05) is 18.2 Å². The number of hydrogen-bond donors (Lipinski definition) is 1. The van der Waals surface area contributed by atoms with Crippen LogP contribution in [0.2, 0.25) is 0 Å². The highest BCUT2D eigenvalue weighted by Crippen LogP contribution is 2.30. The maximum absolute atomic E-state index is 12.3. The van der Waals surface area contributed by atoms with E-state index in [4.69, 9.17) is 42.1 Å². The van der Waals surface area contributed by atoms with E-state index in [9.17, 15) is 9.90 Å². The second-order valence-corrected chi connectivity index (χ2v) is 8.29. The SMILES string of the molecule is COc1cc(/C=C/C(=O)CC(O)/C=C/c2ccc(OCCCCl)c(OC)c2)ccc1OCCCCl. The fourth-order valence-electron chi connectivity index (χ4n) is 3.04. The van der Waals surface area contributed by atoms with E-state index < -0.39 is 6.10 Å². The van der Waals surface area contributed by atoms with Crippen molar-refractivity contribution in [3.8, 4) is 23.0 Å². The number of carbonyl (C=O) groups excluding carboxylic acids is 1. The molecule has 1 atom stereocenters. The summed E-state index contributed by atoms with van der Waals surface area (Å²) in [4.78, 5) is 12.3. The Labute approximate surface area is 217 Å². The normalized spacial score (nSPS) is 12.1. The lowest BCUT2D eigenvalue weighted by atomic mass is 10.1. The number of benzene rings is 2. The van der Waals surface area contributed by atoms with E-state index in [2.05, 4.69) is 0 Å². The third kappa shape index (κ3) is 10.2. The van der Waals surface area contributed by atoms with E-state index in [0.717, 1.165) is 24.0 Å². The molecule has 0 fully saturated rings. The number of hydrogen-bond acceptors (Lipinski definition) is 6. The minimum Gasteiger partial charge on any atom is -0.493 e. The fourth-order valence-corrected chi connectivity index (χ4v) is 3.26. The van der Waals surface area contributed by atoms with Crippen LogP contribution in [-0.2, 0) is 4.79 Å². The highest BCUT2D eigenvalue weighted by molar-refractivity contribution is 6.18. The molecule has 35 heavy (non-hydrogen) atoms. The number of aliphatic hydroxyl groups is 1. The first-order valence-corrected chi connectivity index (χ1v) is 12.4. The van der Waals surface area contributed by atoms with Gasteiger partial charge < -0.3 is 24.1 Å². The highest BCUT2D eigenvalue weighted by atomic mass is 35.5. The average Bonchev–Trinajstić information content (AvgIpc) is 2.87. The summed E-state index contributed by atoms with van der Waals surface area (Å²) in [6.45, 7) is 1.00. The Bertz CT molecular complexity index is 990. The number of aliphatic hydroxyl groups excluding tert-OH is 1. The molecule has 0 aliphatic rings. The van der Waals surface area contributed by atoms with E-state index in [1.807, 2.05) is 12.1 Å². The number of allylic oxidation sites excluding steroid dienone is 1. The molecule has 6 nitrogen and oxygen atoms in total. The molecule has 8 heteroatoms. The molecule has 0 heterocycles. The van der Waals surface area contributed by atoms with Crippen molar-refractivity contribution in [3.05, 3.63) is 59.7 Å². The molecule has 0 spiro atoms. The summed E-state index contributed by atoms with van der Waals surface area (Å²) in [7, 11) is 3.12. The van der Waals surface area contributed by atoms with Gasteiger partial charge in [-0.25, -0.2) is 0 Å². The van der Waals surface area contributed by atoms with Gasteiger partial charge in [-0.3, -0.25) is 4.79 Å². The third-order valence-corrected chi connectivity index (χ3v) is 5.36. The molecule has 1 N–H and O–H groups in total. The number of carbonyl (C=O) groups is 1. The maximum atomic E-state index is 12.3. The van der Waals surface area contributed by atoms with Crippen LogP contribution < -0.4 is 18.9 Å². The summed E-state index contributed by atoms with van der Waals surface area (Å²) in [6, 6.07) is 10.9. The molecule has 0 aliphatic heterocycles. The summed E-state index contributed by atoms with van der Waals surface area (Å²) in [5.41, 5.74) is 1.60. The quantitative estimate of drug-likeness (QED) is 0.171. The van der Waals surface area contributed by atoms with E-state index >= 15 is 0 Å². The molecule has 0 aromatic heterocycles. The topological polar surface area (TPSA) is 74.2 Å². The standard InChI is InChI=1S/C27H32Cl2O6/c1-32-26-17-20(7-11-24(26)34-15-3-13-28)5-9-22(30)19-23(31)10-6-21-8-12-25(27(18-21)33-2)35-16-4-14-29/h5-12,17-18,22,30H,3-4,13-16,19H2,1-2H3/b9-5+,10-6+. The second-order valence-electron chi connectivity index (χ2n) is 7.53. The Balaban J connectivity index is 1.92. The molecule has 0 saturated heterocycles. The van der Waals surface area contributed by atoms with Gasteiger partial charge in [0.05, 0.1) is 33.5 Å². The zero-order valence-corrected chi connectivity index (χ0v) is 21.6. The molecule has 0 aliphatic carbocycles. The van der Waals surface area contributed by atoms with Crippen LogP contribution >= 0.6 is 23.2 Å². The largest absolute Gasteiger partial charge is 0.493 e. The predicted octanol–water partition coefficient (Wildman–Crippen LogP) is 5.77. The van der Waals surface area contributed by atoms with Crippen LogP contribution in [0, 0.1) is 0 Å². The molecular formula is C27H32Cl2O6.